The zero-order valence-electron chi connectivity index (χ0n) is 11.6. The van der Waals surface area contributed by atoms with Gasteiger partial charge in [0.1, 0.15) is 0 Å². The van der Waals surface area contributed by atoms with Gasteiger partial charge in [-0.3, -0.25) is 4.79 Å². The summed E-state index contributed by atoms with van der Waals surface area (Å²) in [5.41, 5.74) is 1.69. The number of aryl methyl sites for hydroxylation is 1. The third kappa shape index (κ3) is 3.72. The highest BCUT2D eigenvalue weighted by Gasteiger charge is 2.37. The van der Waals surface area contributed by atoms with Crippen LogP contribution in [0.15, 0.2) is 10.8 Å². The molecule has 0 radical (unpaired) electrons. The van der Waals surface area contributed by atoms with Gasteiger partial charge < -0.3 is 15.7 Å². The van der Waals surface area contributed by atoms with E-state index in [9.17, 15) is 9.59 Å². The van der Waals surface area contributed by atoms with Crippen molar-refractivity contribution in [1.82, 2.24) is 10.6 Å². The number of thiophene rings is 1. The first-order valence-electron chi connectivity index (χ1n) is 6.80. The van der Waals surface area contributed by atoms with Crippen molar-refractivity contribution in [2.45, 2.75) is 51.1 Å². The van der Waals surface area contributed by atoms with E-state index in [-0.39, 0.29) is 12.5 Å². The van der Waals surface area contributed by atoms with Crippen molar-refractivity contribution in [3.05, 3.63) is 21.9 Å². The molecule has 0 saturated heterocycles. The first-order valence-corrected chi connectivity index (χ1v) is 7.74. The molecule has 0 aromatic carbocycles. The minimum atomic E-state index is -0.860. The van der Waals surface area contributed by atoms with E-state index in [0.29, 0.717) is 6.54 Å². The summed E-state index contributed by atoms with van der Waals surface area (Å²) in [6.07, 6.45) is 3.42. The summed E-state index contributed by atoms with van der Waals surface area (Å²) < 4.78 is 0. The molecular weight excluding hydrogens is 276 g/mol. The summed E-state index contributed by atoms with van der Waals surface area (Å²) in [6, 6.07) is -0.279. The average molecular weight is 296 g/mol. The topological polar surface area (TPSA) is 78.4 Å². The molecule has 0 bridgehead atoms. The van der Waals surface area contributed by atoms with E-state index in [1.165, 1.54) is 0 Å². The van der Waals surface area contributed by atoms with Crippen LogP contribution in [0.2, 0.25) is 0 Å². The Morgan fingerprint density at radius 3 is 2.60 bits per heavy atom. The van der Waals surface area contributed by atoms with Crippen molar-refractivity contribution < 1.29 is 14.7 Å². The van der Waals surface area contributed by atoms with Gasteiger partial charge in [-0.25, -0.2) is 4.79 Å². The lowest BCUT2D eigenvalue weighted by Crippen LogP contribution is -2.51. The van der Waals surface area contributed by atoms with E-state index in [0.717, 1.165) is 36.8 Å². The van der Waals surface area contributed by atoms with Crippen LogP contribution < -0.4 is 10.6 Å². The molecular formula is C14H20N2O3S. The van der Waals surface area contributed by atoms with Crippen molar-refractivity contribution in [3.8, 4) is 0 Å². The van der Waals surface area contributed by atoms with Crippen molar-refractivity contribution in [3.63, 3.8) is 0 Å². The zero-order valence-corrected chi connectivity index (χ0v) is 12.4. The number of carbonyl (C=O) groups excluding carboxylic acids is 1. The molecule has 1 saturated carbocycles. The maximum Gasteiger partial charge on any atom is 0.315 e. The minimum Gasteiger partial charge on any atom is -0.481 e. The zero-order chi connectivity index (χ0) is 14.6. The molecule has 0 aliphatic heterocycles. The maximum atomic E-state index is 12.0. The van der Waals surface area contributed by atoms with Gasteiger partial charge in [-0.05, 0) is 41.7 Å². The van der Waals surface area contributed by atoms with Crippen LogP contribution >= 0.6 is 11.3 Å². The predicted molar refractivity (Wildman–Crippen MR) is 77.9 cm³/mol. The molecule has 0 atom stereocenters. The van der Waals surface area contributed by atoms with Crippen LogP contribution in [0.25, 0.3) is 0 Å². The molecule has 6 heteroatoms. The average Bonchev–Trinajstić information content (AvgIpc) is 2.96. The Bertz CT molecular complexity index is 492. The number of carbonyl (C=O) groups is 2. The number of hydrogen-bond acceptors (Lipinski definition) is 3. The quantitative estimate of drug-likeness (QED) is 0.781. The molecule has 3 N–H and O–H groups in total. The van der Waals surface area contributed by atoms with Crippen LogP contribution in [-0.2, 0) is 11.3 Å². The van der Waals surface area contributed by atoms with Gasteiger partial charge in [0.25, 0.3) is 0 Å². The highest BCUT2D eigenvalue weighted by molar-refractivity contribution is 7.08. The Hall–Kier alpha value is -1.56. The number of carboxylic acid groups (broad SMARTS) is 1. The van der Waals surface area contributed by atoms with E-state index < -0.39 is 11.5 Å². The SMILES string of the molecule is Cc1cscc1CNC(=O)NC1(CC(=O)O)CCCC1. The molecule has 5 nitrogen and oxygen atoms in total. The second-order valence-electron chi connectivity index (χ2n) is 5.45. The molecule has 1 aromatic heterocycles. The third-order valence-electron chi connectivity index (χ3n) is 3.83. The van der Waals surface area contributed by atoms with E-state index >= 15 is 0 Å². The van der Waals surface area contributed by atoms with E-state index in [4.69, 9.17) is 5.11 Å². The van der Waals surface area contributed by atoms with E-state index in [1.54, 1.807) is 11.3 Å². The van der Waals surface area contributed by atoms with Crippen LogP contribution in [0.3, 0.4) is 0 Å². The molecule has 0 spiro atoms. The number of aliphatic carboxylic acids is 1. The number of rotatable bonds is 5. The Morgan fingerprint density at radius 1 is 1.35 bits per heavy atom. The van der Waals surface area contributed by atoms with Crippen molar-refractivity contribution in [1.29, 1.82) is 0 Å². The number of nitrogens with one attached hydrogen (secondary N) is 2. The fourth-order valence-corrected chi connectivity index (χ4v) is 3.57. The molecule has 1 aliphatic rings. The van der Waals surface area contributed by atoms with Crippen LogP contribution in [0.1, 0.15) is 43.2 Å². The van der Waals surface area contributed by atoms with Gasteiger partial charge in [0.05, 0.1) is 12.0 Å². The number of hydrogen-bond donors (Lipinski definition) is 3. The van der Waals surface area contributed by atoms with Crippen LogP contribution in [0, 0.1) is 6.92 Å². The Kier molecular flexibility index (Phi) is 4.65. The van der Waals surface area contributed by atoms with Gasteiger partial charge in [-0.15, -0.1) is 0 Å². The van der Waals surface area contributed by atoms with Crippen LogP contribution in [-0.4, -0.2) is 22.6 Å². The molecule has 1 aromatic rings. The van der Waals surface area contributed by atoms with Gasteiger partial charge in [0, 0.05) is 6.54 Å². The van der Waals surface area contributed by atoms with Crippen LogP contribution in [0.4, 0.5) is 4.79 Å². The van der Waals surface area contributed by atoms with Gasteiger partial charge >= 0.3 is 12.0 Å². The predicted octanol–water partition coefficient (Wildman–Crippen LogP) is 2.64. The second kappa shape index (κ2) is 6.26. The molecule has 110 valence electrons. The Morgan fingerprint density at radius 2 is 2.05 bits per heavy atom. The largest absolute Gasteiger partial charge is 0.481 e. The lowest BCUT2D eigenvalue weighted by atomic mass is 9.93. The van der Waals surface area contributed by atoms with Gasteiger partial charge in [-0.2, -0.15) is 11.3 Å². The summed E-state index contributed by atoms with van der Waals surface area (Å²) in [5, 5.41) is 18.7. The lowest BCUT2D eigenvalue weighted by Gasteiger charge is -2.28. The smallest absolute Gasteiger partial charge is 0.315 e. The fraction of sp³-hybridized carbons (Fsp3) is 0.571. The Labute approximate surface area is 122 Å². The Balaban J connectivity index is 1.89. The van der Waals surface area contributed by atoms with Crippen molar-refractivity contribution >= 4 is 23.3 Å². The second-order valence-corrected chi connectivity index (χ2v) is 6.19. The van der Waals surface area contributed by atoms with E-state index in [2.05, 4.69) is 10.6 Å². The minimum absolute atomic E-state index is 0.00208. The fourth-order valence-electron chi connectivity index (χ4n) is 2.72. The molecule has 20 heavy (non-hydrogen) atoms. The monoisotopic (exact) mass is 296 g/mol. The first-order chi connectivity index (χ1) is 9.51. The molecule has 0 unspecified atom stereocenters. The molecule has 1 heterocycles. The number of carboxylic acids is 1. The summed E-state index contributed by atoms with van der Waals surface area (Å²) in [4.78, 5) is 22.9. The first kappa shape index (κ1) is 14.8. The van der Waals surface area contributed by atoms with Gasteiger partial charge in [0.2, 0.25) is 0 Å². The summed E-state index contributed by atoms with van der Waals surface area (Å²) >= 11 is 1.61. The maximum absolute atomic E-state index is 12.0. The standard InChI is InChI=1S/C14H20N2O3S/c1-10-8-20-9-11(10)7-15-13(19)16-14(6-12(17)18)4-2-3-5-14/h8-9H,2-7H2,1H3,(H,17,18)(H2,15,16,19). The molecule has 2 amide bonds. The van der Waals surface area contributed by atoms with Crippen molar-refractivity contribution in [2.75, 3.05) is 0 Å². The molecule has 1 fully saturated rings. The number of amides is 2. The summed E-state index contributed by atoms with van der Waals surface area (Å²) in [5.74, 6) is -0.860. The highest BCUT2D eigenvalue weighted by Crippen LogP contribution is 2.32. The summed E-state index contributed by atoms with van der Waals surface area (Å²) in [7, 11) is 0. The van der Waals surface area contributed by atoms with Gasteiger partial charge in [0.15, 0.2) is 0 Å². The van der Waals surface area contributed by atoms with Gasteiger partial charge in [-0.1, -0.05) is 12.8 Å². The summed E-state index contributed by atoms with van der Waals surface area (Å²) in [6.45, 7) is 2.48. The lowest BCUT2D eigenvalue weighted by molar-refractivity contribution is -0.138. The molecule has 1 aliphatic carbocycles. The van der Waals surface area contributed by atoms with Crippen LogP contribution in [0.5, 0.6) is 0 Å². The third-order valence-corrected chi connectivity index (χ3v) is 4.74. The number of urea groups is 1. The van der Waals surface area contributed by atoms with E-state index in [1.807, 2.05) is 17.7 Å². The molecule has 2 rings (SSSR count). The van der Waals surface area contributed by atoms with Crippen molar-refractivity contribution in [2.24, 2.45) is 0 Å². The normalized spacial score (nSPS) is 16.9. The highest BCUT2D eigenvalue weighted by atomic mass is 32.1.